The van der Waals surface area contributed by atoms with Crippen molar-refractivity contribution in [3.63, 3.8) is 0 Å². The molecule has 18 heavy (non-hydrogen) atoms. The van der Waals surface area contributed by atoms with Crippen molar-refractivity contribution in [2.45, 2.75) is 52.5 Å². The van der Waals surface area contributed by atoms with Gasteiger partial charge in [-0.1, -0.05) is 27.2 Å². The molecule has 0 fully saturated rings. The molecule has 1 aromatic heterocycles. The highest BCUT2D eigenvalue weighted by molar-refractivity contribution is 6.28. The predicted octanol–water partition coefficient (Wildman–Crippen LogP) is 3.30. The summed E-state index contributed by atoms with van der Waals surface area (Å²) in [6.45, 7) is 6.88. The maximum atomic E-state index is 5.85. The number of anilines is 1. The molecule has 1 aromatic rings. The summed E-state index contributed by atoms with van der Waals surface area (Å²) in [5.74, 6) is 0.487. The van der Waals surface area contributed by atoms with E-state index in [4.69, 9.17) is 16.3 Å². The number of hydrogen-bond acceptors (Lipinski definition) is 5. The van der Waals surface area contributed by atoms with Gasteiger partial charge in [-0.05, 0) is 30.9 Å². The molecule has 5 nitrogen and oxygen atoms in total. The fourth-order valence-corrected chi connectivity index (χ4v) is 1.72. The standard InChI is InChI=1S/C12H21ClN4O/c1-4-7-9(6-3)14-11-15-10(13)16-12(17-11)18-8-5-2/h9H,4-8H2,1-3H3,(H,14,15,16,17). The van der Waals surface area contributed by atoms with Crippen LogP contribution in [0.4, 0.5) is 5.95 Å². The molecule has 0 aliphatic carbocycles. The summed E-state index contributed by atoms with van der Waals surface area (Å²) >= 11 is 5.85. The van der Waals surface area contributed by atoms with Crippen LogP contribution in [0.5, 0.6) is 6.01 Å². The highest BCUT2D eigenvalue weighted by atomic mass is 35.5. The number of aromatic nitrogens is 3. The van der Waals surface area contributed by atoms with Crippen molar-refractivity contribution in [2.75, 3.05) is 11.9 Å². The molecule has 1 heterocycles. The normalized spacial score (nSPS) is 12.2. The van der Waals surface area contributed by atoms with Gasteiger partial charge in [-0.25, -0.2) is 0 Å². The zero-order valence-electron chi connectivity index (χ0n) is 11.2. The molecular weight excluding hydrogens is 252 g/mol. The number of ether oxygens (including phenoxy) is 1. The van der Waals surface area contributed by atoms with Gasteiger partial charge in [0.05, 0.1) is 6.61 Å². The molecule has 0 aromatic carbocycles. The lowest BCUT2D eigenvalue weighted by molar-refractivity contribution is 0.291. The molecule has 1 N–H and O–H groups in total. The molecule has 102 valence electrons. The van der Waals surface area contributed by atoms with E-state index in [1.165, 1.54) is 0 Å². The van der Waals surface area contributed by atoms with E-state index in [0.29, 0.717) is 18.6 Å². The Labute approximate surface area is 113 Å². The lowest BCUT2D eigenvalue weighted by Gasteiger charge is -2.16. The van der Waals surface area contributed by atoms with Gasteiger partial charge >= 0.3 is 6.01 Å². The lowest BCUT2D eigenvalue weighted by atomic mass is 10.1. The maximum absolute atomic E-state index is 5.85. The quantitative estimate of drug-likeness (QED) is 0.787. The van der Waals surface area contributed by atoms with Crippen LogP contribution >= 0.6 is 11.6 Å². The van der Waals surface area contributed by atoms with Crippen LogP contribution in [0.25, 0.3) is 0 Å². The van der Waals surface area contributed by atoms with Gasteiger partial charge in [0.2, 0.25) is 11.2 Å². The smallest absolute Gasteiger partial charge is 0.322 e. The molecule has 1 atom stereocenters. The molecule has 0 spiro atoms. The molecule has 0 radical (unpaired) electrons. The van der Waals surface area contributed by atoms with Crippen LogP contribution in [0.3, 0.4) is 0 Å². The fraction of sp³-hybridized carbons (Fsp3) is 0.750. The molecule has 6 heteroatoms. The fourth-order valence-electron chi connectivity index (χ4n) is 1.56. The van der Waals surface area contributed by atoms with Crippen molar-refractivity contribution < 1.29 is 4.74 Å². The molecule has 0 saturated carbocycles. The second kappa shape index (κ2) is 8.08. The molecule has 1 rings (SSSR count). The van der Waals surface area contributed by atoms with Gasteiger partial charge in [0.15, 0.2) is 0 Å². The minimum Gasteiger partial charge on any atom is -0.463 e. The summed E-state index contributed by atoms with van der Waals surface area (Å²) in [6, 6.07) is 0.637. The van der Waals surface area contributed by atoms with Crippen LogP contribution in [-0.2, 0) is 0 Å². The van der Waals surface area contributed by atoms with Crippen LogP contribution < -0.4 is 10.1 Å². The largest absolute Gasteiger partial charge is 0.463 e. The van der Waals surface area contributed by atoms with Crippen LogP contribution in [0, 0.1) is 0 Å². The van der Waals surface area contributed by atoms with Gasteiger partial charge in [-0.2, -0.15) is 15.0 Å². The summed E-state index contributed by atoms with van der Waals surface area (Å²) in [7, 11) is 0. The third-order valence-corrected chi connectivity index (χ3v) is 2.66. The van der Waals surface area contributed by atoms with Gasteiger partial charge in [0.1, 0.15) is 0 Å². The number of rotatable bonds is 8. The first-order chi connectivity index (χ1) is 8.69. The van der Waals surface area contributed by atoms with Crippen LogP contribution in [0.15, 0.2) is 0 Å². The Morgan fingerprint density at radius 3 is 2.56 bits per heavy atom. The Morgan fingerprint density at radius 2 is 1.94 bits per heavy atom. The van der Waals surface area contributed by atoms with Crippen molar-refractivity contribution in [3.8, 4) is 6.01 Å². The van der Waals surface area contributed by atoms with E-state index in [0.717, 1.165) is 25.7 Å². The third-order valence-electron chi connectivity index (χ3n) is 2.49. The molecule has 0 aliphatic heterocycles. The average molecular weight is 273 g/mol. The van der Waals surface area contributed by atoms with Crippen LogP contribution in [0.2, 0.25) is 5.28 Å². The zero-order chi connectivity index (χ0) is 13.4. The van der Waals surface area contributed by atoms with Crippen molar-refractivity contribution in [1.29, 1.82) is 0 Å². The molecule has 1 unspecified atom stereocenters. The van der Waals surface area contributed by atoms with Crippen LogP contribution in [0.1, 0.15) is 46.5 Å². The van der Waals surface area contributed by atoms with E-state index in [1.54, 1.807) is 0 Å². The summed E-state index contributed by atoms with van der Waals surface area (Å²) in [6.07, 6.45) is 4.11. The summed E-state index contributed by atoms with van der Waals surface area (Å²) < 4.78 is 5.37. The number of halogens is 1. The second-order valence-electron chi connectivity index (χ2n) is 4.10. The molecule has 0 aliphatic rings. The first-order valence-electron chi connectivity index (χ1n) is 6.50. The SMILES string of the molecule is CCCOc1nc(Cl)nc(NC(CC)CCC)n1. The minimum atomic E-state index is 0.157. The summed E-state index contributed by atoms with van der Waals surface area (Å²) in [5.41, 5.74) is 0. The van der Waals surface area contributed by atoms with E-state index in [2.05, 4.69) is 34.1 Å². The topological polar surface area (TPSA) is 59.9 Å². The van der Waals surface area contributed by atoms with Crippen molar-refractivity contribution in [3.05, 3.63) is 5.28 Å². The Morgan fingerprint density at radius 1 is 1.17 bits per heavy atom. The minimum absolute atomic E-state index is 0.157. The second-order valence-corrected chi connectivity index (χ2v) is 4.44. The van der Waals surface area contributed by atoms with E-state index in [1.807, 2.05) is 6.92 Å². The Bertz CT molecular complexity index is 362. The molecule has 0 saturated heterocycles. The Kier molecular flexibility index (Phi) is 6.72. The van der Waals surface area contributed by atoms with Gasteiger partial charge < -0.3 is 10.1 Å². The van der Waals surface area contributed by atoms with E-state index in [9.17, 15) is 0 Å². The highest BCUT2D eigenvalue weighted by Crippen LogP contribution is 2.14. The van der Waals surface area contributed by atoms with Gasteiger partial charge in [-0.3, -0.25) is 0 Å². The number of nitrogens with zero attached hydrogens (tertiary/aromatic N) is 3. The van der Waals surface area contributed by atoms with Crippen molar-refractivity contribution in [2.24, 2.45) is 0 Å². The predicted molar refractivity (Wildman–Crippen MR) is 73.2 cm³/mol. The average Bonchev–Trinajstić information content (AvgIpc) is 2.35. The van der Waals surface area contributed by atoms with Crippen molar-refractivity contribution >= 4 is 17.5 Å². The Balaban J connectivity index is 2.71. The molecule has 0 bridgehead atoms. The van der Waals surface area contributed by atoms with Crippen molar-refractivity contribution in [1.82, 2.24) is 15.0 Å². The van der Waals surface area contributed by atoms with E-state index < -0.39 is 0 Å². The first kappa shape index (κ1) is 15.0. The molecule has 0 amide bonds. The number of hydrogen-bond donors (Lipinski definition) is 1. The zero-order valence-corrected chi connectivity index (χ0v) is 12.0. The van der Waals surface area contributed by atoms with Gasteiger partial charge in [0, 0.05) is 6.04 Å². The lowest BCUT2D eigenvalue weighted by Crippen LogP contribution is -2.20. The monoisotopic (exact) mass is 272 g/mol. The van der Waals surface area contributed by atoms with Gasteiger partial charge in [-0.15, -0.1) is 0 Å². The van der Waals surface area contributed by atoms with Gasteiger partial charge in [0.25, 0.3) is 0 Å². The molecular formula is C12H21ClN4O. The van der Waals surface area contributed by atoms with E-state index >= 15 is 0 Å². The number of nitrogens with one attached hydrogen (secondary N) is 1. The highest BCUT2D eigenvalue weighted by Gasteiger charge is 2.10. The van der Waals surface area contributed by atoms with Crippen LogP contribution in [-0.4, -0.2) is 27.6 Å². The first-order valence-corrected chi connectivity index (χ1v) is 6.88. The Hall–Kier alpha value is -1.10. The third kappa shape index (κ3) is 5.04. The van der Waals surface area contributed by atoms with E-state index in [-0.39, 0.29) is 11.3 Å². The summed E-state index contributed by atoms with van der Waals surface area (Å²) in [4.78, 5) is 12.2. The summed E-state index contributed by atoms with van der Waals surface area (Å²) in [5, 5.41) is 3.42. The maximum Gasteiger partial charge on any atom is 0.322 e.